The Morgan fingerprint density at radius 3 is 2.24 bits per heavy atom. The highest BCUT2D eigenvalue weighted by Crippen LogP contribution is 2.30. The zero-order chi connectivity index (χ0) is 12.9. The predicted octanol–water partition coefficient (Wildman–Crippen LogP) is 4.54. The molecular formula is C16H31N. The van der Waals surface area contributed by atoms with Gasteiger partial charge in [-0.05, 0) is 45.4 Å². The van der Waals surface area contributed by atoms with Gasteiger partial charge in [-0.3, -0.25) is 0 Å². The minimum Gasteiger partial charge on any atom is -0.308 e. The van der Waals surface area contributed by atoms with E-state index in [9.17, 15) is 0 Å². The summed E-state index contributed by atoms with van der Waals surface area (Å²) in [5.74, 6) is 1.52. The van der Waals surface area contributed by atoms with Gasteiger partial charge in [-0.1, -0.05) is 44.8 Å². The predicted molar refractivity (Wildman–Crippen MR) is 77.3 cm³/mol. The molecule has 1 aliphatic rings. The molecule has 0 aliphatic heterocycles. The minimum atomic E-state index is 0.227. The van der Waals surface area contributed by atoms with Gasteiger partial charge in [0.2, 0.25) is 0 Å². The molecule has 0 atom stereocenters. The lowest BCUT2D eigenvalue weighted by Crippen LogP contribution is -2.38. The van der Waals surface area contributed by atoms with Crippen LogP contribution in [0.3, 0.4) is 0 Å². The summed E-state index contributed by atoms with van der Waals surface area (Å²) in [7, 11) is 0. The van der Waals surface area contributed by atoms with Crippen molar-refractivity contribution in [1.82, 2.24) is 5.32 Å². The first kappa shape index (κ1) is 14.8. The second-order valence-electron chi connectivity index (χ2n) is 6.92. The Bertz CT molecular complexity index is 239. The Morgan fingerprint density at radius 1 is 1.18 bits per heavy atom. The maximum absolute atomic E-state index is 3.66. The molecule has 1 N–H and O–H groups in total. The van der Waals surface area contributed by atoms with Crippen LogP contribution in [-0.4, -0.2) is 12.1 Å². The van der Waals surface area contributed by atoms with Crippen molar-refractivity contribution in [2.75, 3.05) is 6.54 Å². The summed E-state index contributed by atoms with van der Waals surface area (Å²) in [6, 6.07) is 0. The van der Waals surface area contributed by atoms with Gasteiger partial charge in [-0.2, -0.15) is 0 Å². The van der Waals surface area contributed by atoms with Crippen LogP contribution in [0.1, 0.15) is 66.7 Å². The van der Waals surface area contributed by atoms with Crippen LogP contribution in [0, 0.1) is 11.8 Å². The van der Waals surface area contributed by atoms with Crippen LogP contribution < -0.4 is 5.32 Å². The third-order valence-electron chi connectivity index (χ3n) is 3.50. The van der Waals surface area contributed by atoms with E-state index in [1.165, 1.54) is 32.1 Å². The molecule has 0 radical (unpaired) electrons. The highest BCUT2D eigenvalue weighted by Gasteiger charge is 2.19. The van der Waals surface area contributed by atoms with E-state index in [-0.39, 0.29) is 5.54 Å². The van der Waals surface area contributed by atoms with Gasteiger partial charge in [0, 0.05) is 12.1 Å². The minimum absolute atomic E-state index is 0.227. The van der Waals surface area contributed by atoms with Crippen molar-refractivity contribution in [3.05, 3.63) is 11.6 Å². The number of hydrogen-bond donors (Lipinski definition) is 1. The van der Waals surface area contributed by atoms with E-state index in [0.29, 0.717) is 5.92 Å². The summed E-state index contributed by atoms with van der Waals surface area (Å²) in [4.78, 5) is 0. The maximum atomic E-state index is 3.66. The van der Waals surface area contributed by atoms with Crippen molar-refractivity contribution in [2.45, 2.75) is 72.3 Å². The van der Waals surface area contributed by atoms with Crippen LogP contribution in [0.2, 0.25) is 0 Å². The van der Waals surface area contributed by atoms with Gasteiger partial charge in [-0.15, -0.1) is 0 Å². The number of rotatable bonds is 4. The molecular weight excluding hydrogens is 206 g/mol. The smallest absolute Gasteiger partial charge is 0.0172 e. The normalized spacial score (nSPS) is 20.0. The molecule has 1 heteroatoms. The molecule has 1 rings (SSSR count). The Hall–Kier alpha value is -0.300. The van der Waals surface area contributed by atoms with E-state index in [2.05, 4.69) is 46.0 Å². The van der Waals surface area contributed by atoms with Crippen molar-refractivity contribution >= 4 is 0 Å². The van der Waals surface area contributed by atoms with Crippen LogP contribution in [0.4, 0.5) is 0 Å². The zero-order valence-electron chi connectivity index (χ0n) is 12.5. The molecule has 0 amide bonds. The molecule has 1 aliphatic carbocycles. The largest absolute Gasteiger partial charge is 0.308 e. The molecule has 100 valence electrons. The van der Waals surface area contributed by atoms with E-state index < -0.39 is 0 Å². The van der Waals surface area contributed by atoms with Gasteiger partial charge >= 0.3 is 0 Å². The SMILES string of the molecule is CC(C)C=C(CNC(C)(C)C)C1CCCCC1. The highest BCUT2D eigenvalue weighted by atomic mass is 14.9. The molecule has 0 heterocycles. The quantitative estimate of drug-likeness (QED) is 0.708. The second kappa shape index (κ2) is 6.58. The number of nitrogens with one attached hydrogen (secondary N) is 1. The fourth-order valence-corrected chi connectivity index (χ4v) is 2.61. The van der Waals surface area contributed by atoms with Gasteiger partial charge in [0.1, 0.15) is 0 Å². The van der Waals surface area contributed by atoms with Gasteiger partial charge in [0.15, 0.2) is 0 Å². The first-order valence-corrected chi connectivity index (χ1v) is 7.34. The van der Waals surface area contributed by atoms with E-state index >= 15 is 0 Å². The van der Waals surface area contributed by atoms with Crippen molar-refractivity contribution in [3.63, 3.8) is 0 Å². The maximum Gasteiger partial charge on any atom is 0.0172 e. The lowest BCUT2D eigenvalue weighted by atomic mass is 9.82. The lowest BCUT2D eigenvalue weighted by molar-refractivity contribution is 0.374. The summed E-state index contributed by atoms with van der Waals surface area (Å²) >= 11 is 0. The van der Waals surface area contributed by atoms with Gasteiger partial charge in [-0.25, -0.2) is 0 Å². The standard InChI is InChI=1S/C16H31N/c1-13(2)11-15(12-17-16(3,4)5)14-9-7-6-8-10-14/h11,13-14,17H,6-10,12H2,1-5H3. The Morgan fingerprint density at radius 2 is 1.76 bits per heavy atom. The van der Waals surface area contributed by atoms with Crippen LogP contribution in [-0.2, 0) is 0 Å². The van der Waals surface area contributed by atoms with Crippen LogP contribution in [0.15, 0.2) is 11.6 Å². The van der Waals surface area contributed by atoms with Crippen LogP contribution >= 0.6 is 0 Å². The van der Waals surface area contributed by atoms with E-state index in [1.807, 2.05) is 0 Å². The van der Waals surface area contributed by atoms with Gasteiger partial charge < -0.3 is 5.32 Å². The molecule has 17 heavy (non-hydrogen) atoms. The number of hydrogen-bond acceptors (Lipinski definition) is 1. The topological polar surface area (TPSA) is 12.0 Å². The van der Waals surface area contributed by atoms with Crippen molar-refractivity contribution in [3.8, 4) is 0 Å². The molecule has 0 saturated heterocycles. The first-order valence-electron chi connectivity index (χ1n) is 7.34. The molecule has 1 fully saturated rings. The third kappa shape index (κ3) is 6.26. The summed E-state index contributed by atoms with van der Waals surface area (Å²) in [6.07, 6.45) is 9.60. The Balaban J connectivity index is 2.60. The molecule has 0 aromatic rings. The summed E-state index contributed by atoms with van der Waals surface area (Å²) in [5, 5.41) is 3.66. The van der Waals surface area contributed by atoms with Crippen LogP contribution in [0.5, 0.6) is 0 Å². The van der Waals surface area contributed by atoms with Crippen molar-refractivity contribution < 1.29 is 0 Å². The summed E-state index contributed by atoms with van der Waals surface area (Å²) in [6.45, 7) is 12.4. The third-order valence-corrected chi connectivity index (χ3v) is 3.50. The van der Waals surface area contributed by atoms with Crippen molar-refractivity contribution in [2.24, 2.45) is 11.8 Å². The van der Waals surface area contributed by atoms with E-state index in [4.69, 9.17) is 0 Å². The molecule has 0 bridgehead atoms. The molecule has 0 unspecified atom stereocenters. The monoisotopic (exact) mass is 237 g/mol. The van der Waals surface area contributed by atoms with Gasteiger partial charge in [0.25, 0.3) is 0 Å². The molecule has 0 spiro atoms. The zero-order valence-corrected chi connectivity index (χ0v) is 12.5. The molecule has 1 saturated carbocycles. The molecule has 0 aromatic heterocycles. The molecule has 1 nitrogen and oxygen atoms in total. The van der Waals surface area contributed by atoms with Gasteiger partial charge in [0.05, 0.1) is 0 Å². The average molecular weight is 237 g/mol. The Labute approximate surface area is 108 Å². The fourth-order valence-electron chi connectivity index (χ4n) is 2.61. The lowest BCUT2D eigenvalue weighted by Gasteiger charge is -2.29. The summed E-state index contributed by atoms with van der Waals surface area (Å²) in [5.41, 5.74) is 1.89. The molecule has 0 aromatic carbocycles. The second-order valence-corrected chi connectivity index (χ2v) is 6.92. The average Bonchev–Trinajstić information content (AvgIpc) is 2.24. The Kier molecular flexibility index (Phi) is 5.72. The highest BCUT2D eigenvalue weighted by molar-refractivity contribution is 5.11. The number of allylic oxidation sites excluding steroid dienone is 1. The van der Waals surface area contributed by atoms with E-state index in [0.717, 1.165) is 12.5 Å². The fraction of sp³-hybridized carbons (Fsp3) is 0.875. The van der Waals surface area contributed by atoms with E-state index in [1.54, 1.807) is 5.57 Å². The first-order chi connectivity index (χ1) is 7.88. The summed E-state index contributed by atoms with van der Waals surface area (Å²) < 4.78 is 0. The van der Waals surface area contributed by atoms with Crippen LogP contribution in [0.25, 0.3) is 0 Å². The van der Waals surface area contributed by atoms with Crippen molar-refractivity contribution in [1.29, 1.82) is 0 Å².